The Bertz CT molecular complexity index is 444. The van der Waals surface area contributed by atoms with Crippen molar-refractivity contribution in [1.82, 2.24) is 5.43 Å². The maximum Gasteiger partial charge on any atom is 0.277 e. The van der Waals surface area contributed by atoms with Crippen LogP contribution in [0.25, 0.3) is 0 Å². The van der Waals surface area contributed by atoms with Crippen LogP contribution in [0.3, 0.4) is 0 Å². The van der Waals surface area contributed by atoms with Gasteiger partial charge in [-0.15, -0.1) is 0 Å². The largest absolute Gasteiger partial charge is 0.484 e. The van der Waals surface area contributed by atoms with E-state index in [4.69, 9.17) is 4.74 Å². The minimum absolute atomic E-state index is 0.00223. The van der Waals surface area contributed by atoms with Gasteiger partial charge in [0, 0.05) is 5.71 Å². The number of hydrogen-bond acceptors (Lipinski definition) is 3. The number of hydrogen-bond donors (Lipinski definition) is 1. The monoisotopic (exact) mass is 260 g/mol. The molecule has 0 aromatic heterocycles. The van der Waals surface area contributed by atoms with Crippen LogP contribution in [0, 0.1) is 0 Å². The quantitative estimate of drug-likeness (QED) is 0.827. The zero-order chi connectivity index (χ0) is 13.5. The predicted octanol–water partition coefficient (Wildman–Crippen LogP) is 2.67. The summed E-state index contributed by atoms with van der Waals surface area (Å²) in [5, 5.41) is 4.10. The van der Waals surface area contributed by atoms with Crippen LogP contribution in [0.1, 0.15) is 38.2 Å². The molecule has 1 N–H and O–H groups in total. The summed E-state index contributed by atoms with van der Waals surface area (Å²) >= 11 is 0. The number of carbonyl (C=O) groups excluding carboxylic acids is 1. The molecule has 0 heterocycles. The van der Waals surface area contributed by atoms with E-state index in [9.17, 15) is 4.79 Å². The molecule has 0 bridgehead atoms. The predicted molar refractivity (Wildman–Crippen MR) is 75.4 cm³/mol. The number of ether oxygens (including phenoxy) is 1. The molecular weight excluding hydrogens is 240 g/mol. The zero-order valence-electron chi connectivity index (χ0n) is 11.3. The molecular formula is C15H20N2O2. The second-order valence-electron chi connectivity index (χ2n) is 4.71. The average molecular weight is 260 g/mol. The summed E-state index contributed by atoms with van der Waals surface area (Å²) in [4.78, 5) is 11.6. The third kappa shape index (κ3) is 4.39. The van der Waals surface area contributed by atoms with E-state index >= 15 is 0 Å². The molecule has 0 saturated heterocycles. The molecule has 1 aromatic carbocycles. The lowest BCUT2D eigenvalue weighted by Gasteiger charge is -2.06. The van der Waals surface area contributed by atoms with E-state index in [1.165, 1.54) is 18.4 Å². The van der Waals surface area contributed by atoms with Crippen LogP contribution in [0.15, 0.2) is 29.4 Å². The normalized spacial score (nSPS) is 14.3. The second-order valence-corrected chi connectivity index (χ2v) is 4.71. The molecule has 2 rings (SSSR count). The Labute approximate surface area is 113 Å². The standard InChI is InChI=1S/C15H20N2O2/c1-2-12-7-9-14(10-8-12)19-11-15(18)17-16-13-5-3-4-6-13/h7-10H,2-6,11H2,1H3,(H,17,18). The molecule has 0 aliphatic heterocycles. The molecule has 1 amide bonds. The van der Waals surface area contributed by atoms with Gasteiger partial charge in [-0.2, -0.15) is 5.10 Å². The fraction of sp³-hybridized carbons (Fsp3) is 0.467. The Kier molecular flexibility index (Phi) is 4.95. The molecule has 1 aliphatic rings. The van der Waals surface area contributed by atoms with E-state index in [1.807, 2.05) is 24.3 Å². The fourth-order valence-electron chi connectivity index (χ4n) is 2.04. The number of nitrogens with one attached hydrogen (secondary N) is 1. The molecule has 0 radical (unpaired) electrons. The van der Waals surface area contributed by atoms with Gasteiger partial charge in [0.25, 0.3) is 5.91 Å². The first-order chi connectivity index (χ1) is 9.28. The molecule has 0 atom stereocenters. The first kappa shape index (κ1) is 13.6. The van der Waals surface area contributed by atoms with Crippen molar-refractivity contribution in [1.29, 1.82) is 0 Å². The van der Waals surface area contributed by atoms with Crippen LogP contribution >= 0.6 is 0 Å². The Balaban J connectivity index is 1.74. The molecule has 4 heteroatoms. The Morgan fingerprint density at radius 1 is 1.26 bits per heavy atom. The second kappa shape index (κ2) is 6.92. The number of hydrazone groups is 1. The molecule has 19 heavy (non-hydrogen) atoms. The fourth-order valence-corrected chi connectivity index (χ4v) is 2.04. The van der Waals surface area contributed by atoms with Crippen LogP contribution in [0.4, 0.5) is 0 Å². The maximum absolute atomic E-state index is 11.6. The van der Waals surface area contributed by atoms with Gasteiger partial charge in [-0.3, -0.25) is 4.79 Å². The van der Waals surface area contributed by atoms with Gasteiger partial charge in [-0.05, 0) is 49.8 Å². The van der Waals surface area contributed by atoms with Crippen molar-refractivity contribution in [3.05, 3.63) is 29.8 Å². The Hall–Kier alpha value is -1.84. The SMILES string of the molecule is CCc1ccc(OCC(=O)NN=C2CCCC2)cc1. The number of aryl methyl sites for hydroxylation is 1. The van der Waals surface area contributed by atoms with Gasteiger partial charge in [-0.25, -0.2) is 5.43 Å². The smallest absolute Gasteiger partial charge is 0.277 e. The molecule has 0 unspecified atom stereocenters. The topological polar surface area (TPSA) is 50.7 Å². The van der Waals surface area contributed by atoms with E-state index in [2.05, 4.69) is 17.5 Å². The highest BCUT2D eigenvalue weighted by Gasteiger charge is 2.09. The van der Waals surface area contributed by atoms with Crippen LogP contribution in [0.5, 0.6) is 5.75 Å². The lowest BCUT2D eigenvalue weighted by Crippen LogP contribution is -2.25. The first-order valence-corrected chi connectivity index (χ1v) is 6.84. The molecule has 1 saturated carbocycles. The highest BCUT2D eigenvalue weighted by molar-refractivity contribution is 5.87. The van der Waals surface area contributed by atoms with Crippen molar-refractivity contribution >= 4 is 11.6 Å². The minimum atomic E-state index is -0.209. The van der Waals surface area contributed by atoms with Gasteiger partial charge in [0.15, 0.2) is 6.61 Å². The third-order valence-corrected chi connectivity index (χ3v) is 3.22. The van der Waals surface area contributed by atoms with Crippen molar-refractivity contribution in [2.75, 3.05) is 6.61 Å². The lowest BCUT2D eigenvalue weighted by atomic mass is 10.2. The summed E-state index contributed by atoms with van der Waals surface area (Å²) < 4.78 is 5.40. The number of carbonyl (C=O) groups is 1. The summed E-state index contributed by atoms with van der Waals surface area (Å²) in [6, 6.07) is 7.78. The first-order valence-electron chi connectivity index (χ1n) is 6.84. The lowest BCUT2D eigenvalue weighted by molar-refractivity contribution is -0.123. The van der Waals surface area contributed by atoms with E-state index in [1.54, 1.807) is 0 Å². The van der Waals surface area contributed by atoms with E-state index < -0.39 is 0 Å². The van der Waals surface area contributed by atoms with Crippen molar-refractivity contribution in [3.63, 3.8) is 0 Å². The van der Waals surface area contributed by atoms with E-state index in [0.29, 0.717) is 5.75 Å². The van der Waals surface area contributed by atoms with Crippen molar-refractivity contribution in [3.8, 4) is 5.75 Å². The summed E-state index contributed by atoms with van der Waals surface area (Å²) in [6.45, 7) is 2.10. The van der Waals surface area contributed by atoms with E-state index in [-0.39, 0.29) is 12.5 Å². The van der Waals surface area contributed by atoms with Crippen LogP contribution < -0.4 is 10.2 Å². The Morgan fingerprint density at radius 3 is 2.58 bits per heavy atom. The van der Waals surface area contributed by atoms with Crippen LogP contribution in [-0.4, -0.2) is 18.2 Å². The van der Waals surface area contributed by atoms with Gasteiger partial charge < -0.3 is 4.74 Å². The molecule has 4 nitrogen and oxygen atoms in total. The molecule has 0 spiro atoms. The highest BCUT2D eigenvalue weighted by Crippen LogP contribution is 2.14. The number of amides is 1. The zero-order valence-corrected chi connectivity index (χ0v) is 11.3. The number of rotatable bonds is 5. The molecule has 1 aliphatic carbocycles. The van der Waals surface area contributed by atoms with Crippen LogP contribution in [-0.2, 0) is 11.2 Å². The summed E-state index contributed by atoms with van der Waals surface area (Å²) in [5.74, 6) is 0.500. The van der Waals surface area contributed by atoms with Gasteiger partial charge >= 0.3 is 0 Å². The summed E-state index contributed by atoms with van der Waals surface area (Å²) in [7, 11) is 0. The Morgan fingerprint density at radius 2 is 1.95 bits per heavy atom. The third-order valence-electron chi connectivity index (χ3n) is 3.22. The molecule has 1 fully saturated rings. The van der Waals surface area contributed by atoms with Crippen molar-refractivity contribution in [2.45, 2.75) is 39.0 Å². The maximum atomic E-state index is 11.6. The van der Waals surface area contributed by atoms with Gasteiger partial charge in [0.05, 0.1) is 0 Å². The summed E-state index contributed by atoms with van der Waals surface area (Å²) in [6.07, 6.45) is 5.35. The van der Waals surface area contributed by atoms with Crippen molar-refractivity contribution in [2.24, 2.45) is 5.10 Å². The highest BCUT2D eigenvalue weighted by atomic mass is 16.5. The summed E-state index contributed by atoms with van der Waals surface area (Å²) in [5.41, 5.74) is 4.88. The van der Waals surface area contributed by atoms with Gasteiger partial charge in [-0.1, -0.05) is 19.1 Å². The van der Waals surface area contributed by atoms with E-state index in [0.717, 1.165) is 25.0 Å². The minimum Gasteiger partial charge on any atom is -0.484 e. The van der Waals surface area contributed by atoms with Crippen LogP contribution in [0.2, 0.25) is 0 Å². The molecule has 102 valence electrons. The average Bonchev–Trinajstić information content (AvgIpc) is 2.96. The molecule has 1 aromatic rings. The van der Waals surface area contributed by atoms with Crippen molar-refractivity contribution < 1.29 is 9.53 Å². The number of nitrogens with zero attached hydrogens (tertiary/aromatic N) is 1. The van der Waals surface area contributed by atoms with Gasteiger partial charge in [0.2, 0.25) is 0 Å². The number of benzene rings is 1. The van der Waals surface area contributed by atoms with Gasteiger partial charge in [0.1, 0.15) is 5.75 Å².